The van der Waals surface area contributed by atoms with Crippen molar-refractivity contribution in [2.24, 2.45) is 5.92 Å². The lowest BCUT2D eigenvalue weighted by molar-refractivity contribution is -0.129. The molecule has 4 nitrogen and oxygen atoms in total. The Balaban J connectivity index is 1.52. The van der Waals surface area contributed by atoms with E-state index in [1.54, 1.807) is 4.90 Å². The van der Waals surface area contributed by atoms with Crippen molar-refractivity contribution in [3.8, 4) is 11.1 Å². The average molecular weight is 521 g/mol. The molecule has 0 fully saturated rings. The standard InChI is InChI=1S/C30H27ClF2N2O2/c1-18-6-4-11-26(20-8-5-7-19(16-20)22-9-2-3-10-25(22)34-30(18)37)35-15-14-21(17-27(35)36)28-24(32)13-12-23(31)29(28)33/h2-3,5,7-10,12-13,16-18,26H,4,6,11,14-15H2,1H3,(H,34,37)/t18-,26+/m1/s1. The van der Waals surface area contributed by atoms with Gasteiger partial charge in [-0.15, -0.1) is 0 Å². The molecular weight excluding hydrogens is 494 g/mol. The molecule has 2 atom stereocenters. The smallest absolute Gasteiger partial charge is 0.247 e. The summed E-state index contributed by atoms with van der Waals surface area (Å²) in [5.74, 6) is -2.11. The number of carbonyl (C=O) groups is 2. The van der Waals surface area contributed by atoms with Crippen molar-refractivity contribution in [2.75, 3.05) is 11.9 Å². The van der Waals surface area contributed by atoms with Crippen LogP contribution in [0.2, 0.25) is 5.02 Å². The van der Waals surface area contributed by atoms with Crippen LogP contribution in [0, 0.1) is 17.6 Å². The lowest BCUT2D eigenvalue weighted by atomic mass is 9.90. The van der Waals surface area contributed by atoms with Crippen LogP contribution >= 0.6 is 11.6 Å². The number of hydrogen-bond acceptors (Lipinski definition) is 2. The molecule has 190 valence electrons. The van der Waals surface area contributed by atoms with E-state index in [2.05, 4.69) is 11.4 Å². The van der Waals surface area contributed by atoms with Crippen LogP contribution in [0.25, 0.3) is 16.7 Å². The maximum Gasteiger partial charge on any atom is 0.247 e. The highest BCUT2D eigenvalue weighted by Crippen LogP contribution is 2.38. The molecule has 0 aromatic heterocycles. The molecule has 7 heteroatoms. The zero-order valence-electron chi connectivity index (χ0n) is 20.4. The van der Waals surface area contributed by atoms with E-state index in [9.17, 15) is 18.4 Å². The second-order valence-electron chi connectivity index (χ2n) is 9.68. The number of nitrogens with one attached hydrogen (secondary N) is 1. The largest absolute Gasteiger partial charge is 0.332 e. The maximum atomic E-state index is 14.6. The Morgan fingerprint density at radius 2 is 1.81 bits per heavy atom. The zero-order valence-corrected chi connectivity index (χ0v) is 21.2. The van der Waals surface area contributed by atoms with Gasteiger partial charge in [-0.25, -0.2) is 8.78 Å². The number of hydrogen-bond donors (Lipinski definition) is 1. The molecule has 0 saturated heterocycles. The van der Waals surface area contributed by atoms with E-state index in [1.807, 2.05) is 49.4 Å². The molecular formula is C30H27ClF2N2O2. The van der Waals surface area contributed by atoms with Gasteiger partial charge < -0.3 is 10.2 Å². The average Bonchev–Trinajstić information content (AvgIpc) is 2.89. The van der Waals surface area contributed by atoms with Crippen molar-refractivity contribution in [2.45, 2.75) is 38.6 Å². The summed E-state index contributed by atoms with van der Waals surface area (Å²) in [7, 11) is 0. The molecule has 3 aromatic carbocycles. The van der Waals surface area contributed by atoms with Gasteiger partial charge in [0.25, 0.3) is 0 Å². The Morgan fingerprint density at radius 3 is 2.62 bits per heavy atom. The first-order chi connectivity index (χ1) is 17.8. The summed E-state index contributed by atoms with van der Waals surface area (Å²) in [4.78, 5) is 28.0. The molecule has 0 unspecified atom stereocenters. The Morgan fingerprint density at radius 1 is 1.00 bits per heavy atom. The van der Waals surface area contributed by atoms with Crippen molar-refractivity contribution < 1.29 is 18.4 Å². The minimum Gasteiger partial charge on any atom is -0.332 e. The maximum absolute atomic E-state index is 14.6. The second-order valence-corrected chi connectivity index (χ2v) is 10.1. The van der Waals surface area contributed by atoms with Crippen LogP contribution < -0.4 is 5.32 Å². The number of fused-ring (bicyclic) bond motifs is 4. The highest BCUT2D eigenvalue weighted by molar-refractivity contribution is 6.31. The van der Waals surface area contributed by atoms with Gasteiger partial charge in [-0.2, -0.15) is 0 Å². The molecule has 0 saturated carbocycles. The fourth-order valence-corrected chi connectivity index (χ4v) is 5.40. The highest BCUT2D eigenvalue weighted by atomic mass is 35.5. The summed E-state index contributed by atoms with van der Waals surface area (Å²) in [6, 6.07) is 17.7. The molecule has 2 aliphatic heterocycles. The topological polar surface area (TPSA) is 49.4 Å². The van der Waals surface area contributed by atoms with E-state index in [4.69, 9.17) is 11.6 Å². The van der Waals surface area contributed by atoms with Crippen LogP contribution in [0.5, 0.6) is 0 Å². The van der Waals surface area contributed by atoms with Gasteiger partial charge in [-0.05, 0) is 60.2 Å². The van der Waals surface area contributed by atoms with Crippen LogP contribution in [-0.2, 0) is 9.59 Å². The number of halogens is 3. The number of anilines is 1. The van der Waals surface area contributed by atoms with E-state index < -0.39 is 11.6 Å². The number of rotatable bonds is 2. The van der Waals surface area contributed by atoms with Crippen molar-refractivity contribution >= 4 is 34.7 Å². The van der Waals surface area contributed by atoms with Crippen molar-refractivity contribution in [3.05, 3.63) is 94.5 Å². The van der Waals surface area contributed by atoms with E-state index in [-0.39, 0.29) is 34.4 Å². The normalized spacial score (nSPS) is 20.3. The minimum atomic E-state index is -0.848. The molecule has 2 aliphatic rings. The molecule has 0 radical (unpaired) electrons. The third-order valence-corrected chi connectivity index (χ3v) is 7.57. The molecule has 2 amide bonds. The third kappa shape index (κ3) is 5.03. The van der Waals surface area contributed by atoms with Crippen LogP contribution in [0.4, 0.5) is 14.5 Å². The third-order valence-electron chi connectivity index (χ3n) is 7.27. The second kappa shape index (κ2) is 10.5. The summed E-state index contributed by atoms with van der Waals surface area (Å²) < 4.78 is 29.1. The molecule has 2 bridgehead atoms. The summed E-state index contributed by atoms with van der Waals surface area (Å²) >= 11 is 5.88. The highest BCUT2D eigenvalue weighted by Gasteiger charge is 2.30. The molecule has 37 heavy (non-hydrogen) atoms. The molecule has 2 heterocycles. The van der Waals surface area contributed by atoms with Crippen molar-refractivity contribution in [1.29, 1.82) is 0 Å². The number of carbonyl (C=O) groups excluding carboxylic acids is 2. The molecule has 5 rings (SSSR count). The Bertz CT molecular complexity index is 1400. The van der Waals surface area contributed by atoms with Gasteiger partial charge >= 0.3 is 0 Å². The lowest BCUT2D eigenvalue weighted by Gasteiger charge is -2.35. The number of amides is 2. The van der Waals surface area contributed by atoms with E-state index in [0.717, 1.165) is 34.9 Å². The van der Waals surface area contributed by atoms with E-state index in [1.165, 1.54) is 12.1 Å². The van der Waals surface area contributed by atoms with Gasteiger partial charge in [0.15, 0.2) is 5.82 Å². The quantitative estimate of drug-likeness (QED) is 0.358. The fraction of sp³-hybridized carbons (Fsp3) is 0.267. The van der Waals surface area contributed by atoms with E-state index in [0.29, 0.717) is 31.4 Å². The number of benzene rings is 3. The van der Waals surface area contributed by atoms with Gasteiger partial charge in [0.05, 0.1) is 16.6 Å². The first kappa shape index (κ1) is 25.2. The summed E-state index contributed by atoms with van der Waals surface area (Å²) in [5.41, 5.74) is 3.65. The molecule has 3 aromatic rings. The molecule has 1 N–H and O–H groups in total. The predicted molar refractivity (Wildman–Crippen MR) is 142 cm³/mol. The summed E-state index contributed by atoms with van der Waals surface area (Å²) in [6.07, 6.45) is 3.71. The number of nitrogens with zero attached hydrogens (tertiary/aromatic N) is 1. The van der Waals surface area contributed by atoms with Crippen molar-refractivity contribution in [1.82, 2.24) is 4.90 Å². The monoisotopic (exact) mass is 520 g/mol. The van der Waals surface area contributed by atoms with Crippen LogP contribution in [0.1, 0.15) is 49.8 Å². The zero-order chi connectivity index (χ0) is 26.1. The first-order valence-corrected chi connectivity index (χ1v) is 12.9. The van der Waals surface area contributed by atoms with E-state index >= 15 is 0 Å². The van der Waals surface area contributed by atoms with Crippen LogP contribution in [0.3, 0.4) is 0 Å². The Kier molecular flexibility index (Phi) is 7.11. The fourth-order valence-electron chi connectivity index (χ4n) is 5.25. The van der Waals surface area contributed by atoms with Gasteiger partial charge in [0, 0.05) is 29.8 Å². The molecule has 0 spiro atoms. The summed E-state index contributed by atoms with van der Waals surface area (Å²) in [6.45, 7) is 2.23. The minimum absolute atomic E-state index is 0.0343. The van der Waals surface area contributed by atoms with Gasteiger partial charge in [0.2, 0.25) is 11.8 Å². The Labute approximate surface area is 219 Å². The number of para-hydroxylation sites is 1. The molecule has 0 aliphatic carbocycles. The van der Waals surface area contributed by atoms with Crippen molar-refractivity contribution in [3.63, 3.8) is 0 Å². The van der Waals surface area contributed by atoms with Crippen LogP contribution in [-0.4, -0.2) is 23.3 Å². The van der Waals surface area contributed by atoms with Gasteiger partial charge in [-0.3, -0.25) is 9.59 Å². The van der Waals surface area contributed by atoms with Crippen LogP contribution in [0.15, 0.2) is 66.7 Å². The lowest BCUT2D eigenvalue weighted by Crippen LogP contribution is -2.37. The van der Waals surface area contributed by atoms with Gasteiger partial charge in [0.1, 0.15) is 5.82 Å². The first-order valence-electron chi connectivity index (χ1n) is 12.5. The summed E-state index contributed by atoms with van der Waals surface area (Å²) in [5, 5.41) is 2.89. The predicted octanol–water partition coefficient (Wildman–Crippen LogP) is 7.40. The Hall–Kier alpha value is -3.51. The van der Waals surface area contributed by atoms with Gasteiger partial charge in [-0.1, -0.05) is 61.3 Å². The SMILES string of the molecule is C[C@@H]1CCC[C@H](N2CCC(c3c(F)ccc(Cl)c3F)=CC2=O)c2cccc(c2)-c2ccccc2NC1=O.